The number of non-ortho nitro benzene ring substituents is 1. The zero-order chi connectivity index (χ0) is 21.2. The molecular weight excluding hydrogens is 422 g/mol. The van der Waals surface area contributed by atoms with Gasteiger partial charge in [-0.15, -0.1) is 0 Å². The molecule has 0 atom stereocenters. The van der Waals surface area contributed by atoms with Gasteiger partial charge in [0.15, 0.2) is 9.84 Å². The number of nitro groups is 1. The number of hydrogen-bond donors (Lipinski definition) is 1. The minimum atomic E-state index is -4.20. The standard InChI is InChI=1S/C17H17N3O7S2/c21-17(19-8-10-28(24,25)11-9-19)15-6-1-2-7-16(15)18-29(26,27)14-5-3-4-13(12-14)20(22)23/h1-7,12,18H,8-11H2. The van der Waals surface area contributed by atoms with Gasteiger partial charge in [0.05, 0.1) is 32.6 Å². The monoisotopic (exact) mass is 439 g/mol. The molecule has 12 heteroatoms. The van der Waals surface area contributed by atoms with Gasteiger partial charge in [-0.05, 0) is 18.2 Å². The Bertz CT molecular complexity index is 1160. The highest BCUT2D eigenvalue weighted by atomic mass is 32.2. The molecule has 3 rings (SSSR count). The van der Waals surface area contributed by atoms with Crippen molar-refractivity contribution >= 4 is 37.1 Å². The van der Waals surface area contributed by atoms with Crippen LogP contribution in [0.15, 0.2) is 53.4 Å². The third-order valence-corrected chi connectivity index (χ3v) is 7.34. The van der Waals surface area contributed by atoms with E-state index in [1.54, 1.807) is 6.07 Å². The van der Waals surface area contributed by atoms with Crippen molar-refractivity contribution in [1.82, 2.24) is 4.90 Å². The summed E-state index contributed by atoms with van der Waals surface area (Å²) in [4.78, 5) is 24.0. The van der Waals surface area contributed by atoms with Gasteiger partial charge in [0.2, 0.25) is 0 Å². The fourth-order valence-corrected chi connectivity index (χ4v) is 5.13. The van der Waals surface area contributed by atoms with E-state index in [-0.39, 0.29) is 46.4 Å². The highest BCUT2D eigenvalue weighted by molar-refractivity contribution is 7.92. The first-order chi connectivity index (χ1) is 13.6. The first kappa shape index (κ1) is 20.7. The number of nitrogens with one attached hydrogen (secondary N) is 1. The summed E-state index contributed by atoms with van der Waals surface area (Å²) in [5, 5.41) is 10.9. The minimum Gasteiger partial charge on any atom is -0.337 e. The maximum Gasteiger partial charge on any atom is 0.270 e. The lowest BCUT2D eigenvalue weighted by Gasteiger charge is -2.27. The van der Waals surface area contributed by atoms with Gasteiger partial charge in [-0.1, -0.05) is 18.2 Å². The van der Waals surface area contributed by atoms with Crippen LogP contribution in [-0.2, 0) is 19.9 Å². The summed E-state index contributed by atoms with van der Waals surface area (Å²) in [6, 6.07) is 10.4. The molecule has 0 bridgehead atoms. The summed E-state index contributed by atoms with van der Waals surface area (Å²) >= 11 is 0. The first-order valence-electron chi connectivity index (χ1n) is 8.45. The van der Waals surface area contributed by atoms with Crippen molar-refractivity contribution in [2.75, 3.05) is 29.3 Å². The van der Waals surface area contributed by atoms with Gasteiger partial charge in [-0.2, -0.15) is 0 Å². The second kappa shape index (κ2) is 7.79. The fourth-order valence-electron chi connectivity index (χ4n) is 2.81. The quantitative estimate of drug-likeness (QED) is 0.545. The smallest absolute Gasteiger partial charge is 0.270 e. The summed E-state index contributed by atoms with van der Waals surface area (Å²) in [6.07, 6.45) is 0. The van der Waals surface area contributed by atoms with Crippen molar-refractivity contribution < 1.29 is 26.6 Å². The molecule has 0 aromatic heterocycles. The highest BCUT2D eigenvalue weighted by Gasteiger charge is 2.28. The van der Waals surface area contributed by atoms with E-state index in [2.05, 4.69) is 4.72 Å². The van der Waals surface area contributed by atoms with Crippen LogP contribution in [0.25, 0.3) is 0 Å². The molecule has 2 aromatic rings. The minimum absolute atomic E-state index is 0.00237. The van der Waals surface area contributed by atoms with E-state index in [1.165, 1.54) is 41.3 Å². The Balaban J connectivity index is 1.88. The number of hydrogen-bond acceptors (Lipinski definition) is 7. The molecular formula is C17H17N3O7S2. The van der Waals surface area contributed by atoms with Gasteiger partial charge in [-0.3, -0.25) is 19.6 Å². The predicted molar refractivity (Wildman–Crippen MR) is 105 cm³/mol. The van der Waals surface area contributed by atoms with Crippen molar-refractivity contribution in [2.24, 2.45) is 0 Å². The van der Waals surface area contributed by atoms with E-state index < -0.39 is 30.7 Å². The molecule has 1 saturated heterocycles. The van der Waals surface area contributed by atoms with Gasteiger partial charge in [0, 0.05) is 25.2 Å². The van der Waals surface area contributed by atoms with Gasteiger partial charge >= 0.3 is 0 Å². The Morgan fingerprint density at radius 3 is 2.38 bits per heavy atom. The fraction of sp³-hybridized carbons (Fsp3) is 0.235. The van der Waals surface area contributed by atoms with Crippen LogP contribution in [0.5, 0.6) is 0 Å². The van der Waals surface area contributed by atoms with E-state index in [1.807, 2.05) is 0 Å². The second-order valence-corrected chi connectivity index (χ2v) is 10.3. The normalized spacial score (nSPS) is 16.2. The van der Waals surface area contributed by atoms with E-state index in [4.69, 9.17) is 0 Å². The van der Waals surface area contributed by atoms with Crippen LogP contribution in [0.1, 0.15) is 10.4 Å². The van der Waals surface area contributed by atoms with Crippen molar-refractivity contribution in [3.63, 3.8) is 0 Å². The Morgan fingerprint density at radius 1 is 1.07 bits per heavy atom. The number of benzene rings is 2. The molecule has 1 aliphatic heterocycles. The molecule has 0 aliphatic carbocycles. The number of nitro benzene ring substituents is 1. The van der Waals surface area contributed by atoms with Crippen LogP contribution < -0.4 is 4.72 Å². The number of anilines is 1. The SMILES string of the molecule is O=C(c1ccccc1NS(=O)(=O)c1cccc([N+](=O)[O-])c1)N1CCS(=O)(=O)CC1. The lowest BCUT2D eigenvalue weighted by molar-refractivity contribution is -0.385. The van der Waals surface area contributed by atoms with Crippen LogP contribution in [0, 0.1) is 10.1 Å². The molecule has 29 heavy (non-hydrogen) atoms. The van der Waals surface area contributed by atoms with Gasteiger partial charge in [0.25, 0.3) is 21.6 Å². The Hall–Kier alpha value is -2.99. The van der Waals surface area contributed by atoms with E-state index in [0.717, 1.165) is 6.07 Å². The van der Waals surface area contributed by atoms with Gasteiger partial charge in [0.1, 0.15) is 0 Å². The lowest BCUT2D eigenvalue weighted by Crippen LogP contribution is -2.43. The summed E-state index contributed by atoms with van der Waals surface area (Å²) in [5.41, 5.74) is -0.329. The molecule has 154 valence electrons. The highest BCUT2D eigenvalue weighted by Crippen LogP contribution is 2.24. The summed E-state index contributed by atoms with van der Waals surface area (Å²) in [7, 11) is -7.37. The molecule has 1 N–H and O–H groups in total. The average Bonchev–Trinajstić information content (AvgIpc) is 2.68. The molecule has 1 fully saturated rings. The number of nitrogens with zero attached hydrogens (tertiary/aromatic N) is 2. The zero-order valence-electron chi connectivity index (χ0n) is 15.0. The van der Waals surface area contributed by atoms with Gasteiger partial charge in [-0.25, -0.2) is 16.8 Å². The number of para-hydroxylation sites is 1. The molecule has 1 aliphatic rings. The summed E-state index contributed by atoms with van der Waals surface area (Å²) < 4.78 is 50.8. The molecule has 0 radical (unpaired) electrons. The molecule has 1 amide bonds. The zero-order valence-corrected chi connectivity index (χ0v) is 16.6. The van der Waals surface area contributed by atoms with Crippen LogP contribution in [0.4, 0.5) is 11.4 Å². The first-order valence-corrected chi connectivity index (χ1v) is 11.8. The Morgan fingerprint density at radius 2 is 1.72 bits per heavy atom. The maximum absolute atomic E-state index is 12.8. The summed E-state index contributed by atoms with van der Waals surface area (Å²) in [6.45, 7) is 0.0419. The third kappa shape index (κ3) is 4.71. The van der Waals surface area contributed by atoms with Gasteiger partial charge < -0.3 is 4.90 Å². The molecule has 0 spiro atoms. The van der Waals surface area contributed by atoms with Crippen LogP contribution in [0.3, 0.4) is 0 Å². The molecule has 0 unspecified atom stereocenters. The number of rotatable bonds is 5. The molecule has 10 nitrogen and oxygen atoms in total. The molecule has 1 heterocycles. The number of sulfone groups is 1. The largest absolute Gasteiger partial charge is 0.337 e. The van der Waals surface area contributed by atoms with E-state index in [9.17, 15) is 31.7 Å². The van der Waals surface area contributed by atoms with Crippen molar-refractivity contribution in [3.05, 3.63) is 64.2 Å². The molecule has 0 saturated carbocycles. The Labute approximate surface area is 167 Å². The van der Waals surface area contributed by atoms with Crippen molar-refractivity contribution in [1.29, 1.82) is 0 Å². The number of carbonyl (C=O) groups is 1. The van der Waals surface area contributed by atoms with E-state index >= 15 is 0 Å². The molecule has 2 aromatic carbocycles. The second-order valence-electron chi connectivity index (χ2n) is 6.35. The third-order valence-electron chi connectivity index (χ3n) is 4.37. The lowest BCUT2D eigenvalue weighted by atomic mass is 10.1. The predicted octanol–water partition coefficient (Wildman–Crippen LogP) is 1.27. The van der Waals surface area contributed by atoms with Crippen LogP contribution in [0.2, 0.25) is 0 Å². The van der Waals surface area contributed by atoms with Crippen molar-refractivity contribution in [2.45, 2.75) is 4.90 Å². The number of sulfonamides is 1. The maximum atomic E-state index is 12.8. The van der Waals surface area contributed by atoms with E-state index in [0.29, 0.717) is 0 Å². The average molecular weight is 439 g/mol. The van der Waals surface area contributed by atoms with Crippen LogP contribution in [-0.4, -0.2) is 57.2 Å². The van der Waals surface area contributed by atoms with Crippen molar-refractivity contribution in [3.8, 4) is 0 Å². The topological polar surface area (TPSA) is 144 Å². The number of amides is 1. The summed E-state index contributed by atoms with van der Waals surface area (Å²) in [5.74, 6) is -0.807. The Kier molecular flexibility index (Phi) is 5.57. The number of carbonyl (C=O) groups excluding carboxylic acids is 1. The van der Waals surface area contributed by atoms with Crippen LogP contribution >= 0.6 is 0 Å².